The summed E-state index contributed by atoms with van der Waals surface area (Å²) in [5, 5.41) is 15.4. The molecule has 27 heavy (non-hydrogen) atoms. The number of hydrogen-bond acceptors (Lipinski definition) is 4. The predicted molar refractivity (Wildman–Crippen MR) is 93.8 cm³/mol. The number of imidazole rings is 1. The Kier molecular flexibility index (Phi) is 3.62. The molecular weight excluding hydrogens is 360 g/mol. The fourth-order valence-electron chi connectivity index (χ4n) is 2.77. The highest BCUT2D eigenvalue weighted by atomic mass is 19.2. The minimum absolute atomic E-state index is 0.0325. The molecule has 0 aliphatic heterocycles. The Morgan fingerprint density at radius 1 is 1.15 bits per heavy atom. The molecule has 10 heteroatoms. The molecular formula is C17H11F2N5O3. The largest absolute Gasteiger partial charge is 0.465 e. The van der Waals surface area contributed by atoms with Crippen molar-refractivity contribution in [3.05, 3.63) is 52.3 Å². The minimum atomic E-state index is -1.18. The van der Waals surface area contributed by atoms with Crippen molar-refractivity contribution in [2.24, 2.45) is 0 Å². The Balaban J connectivity index is 1.92. The van der Waals surface area contributed by atoms with E-state index in [1.54, 1.807) is 18.2 Å². The number of anilines is 1. The summed E-state index contributed by atoms with van der Waals surface area (Å²) >= 11 is 0. The van der Waals surface area contributed by atoms with E-state index >= 15 is 0 Å². The number of fused-ring (bicyclic) bond motifs is 2. The summed E-state index contributed by atoms with van der Waals surface area (Å²) in [5.41, 5.74) is 1.13. The molecule has 0 saturated carbocycles. The van der Waals surface area contributed by atoms with E-state index in [1.807, 2.05) is 0 Å². The number of nitrogens with one attached hydrogen (secondary N) is 2. The predicted octanol–water partition coefficient (Wildman–Crippen LogP) is 2.86. The third-order valence-electron chi connectivity index (χ3n) is 4.18. The van der Waals surface area contributed by atoms with E-state index in [0.717, 1.165) is 17.0 Å². The van der Waals surface area contributed by atoms with Gasteiger partial charge in [-0.2, -0.15) is 5.10 Å². The smallest absolute Gasteiger partial charge is 0.413 e. The van der Waals surface area contributed by atoms with Crippen LogP contribution in [0.3, 0.4) is 0 Å². The normalized spacial score (nSPS) is 11.2. The summed E-state index contributed by atoms with van der Waals surface area (Å²) < 4.78 is 27.2. The van der Waals surface area contributed by atoms with E-state index in [0.29, 0.717) is 16.6 Å². The molecule has 4 aromatic rings. The van der Waals surface area contributed by atoms with Gasteiger partial charge in [-0.25, -0.2) is 23.7 Å². The number of hydrogen-bond donors (Lipinski definition) is 3. The van der Waals surface area contributed by atoms with Gasteiger partial charge in [0.25, 0.3) is 5.56 Å². The van der Waals surface area contributed by atoms with Gasteiger partial charge in [0.05, 0.1) is 22.1 Å². The number of halogens is 2. The van der Waals surface area contributed by atoms with Crippen LogP contribution in [-0.2, 0) is 0 Å². The number of rotatable bonds is 2. The molecule has 0 spiro atoms. The van der Waals surface area contributed by atoms with E-state index in [9.17, 15) is 18.4 Å². The molecule has 136 valence electrons. The molecule has 0 aliphatic rings. The van der Waals surface area contributed by atoms with Crippen molar-refractivity contribution in [2.45, 2.75) is 0 Å². The van der Waals surface area contributed by atoms with Crippen LogP contribution in [-0.4, -0.2) is 38.4 Å². The van der Waals surface area contributed by atoms with Crippen LogP contribution in [0.15, 0.2) is 35.1 Å². The van der Waals surface area contributed by atoms with Gasteiger partial charge in [-0.1, -0.05) is 6.07 Å². The maximum absolute atomic E-state index is 13.7. The Bertz CT molecular complexity index is 1280. The topological polar surface area (TPSA) is 115 Å². The van der Waals surface area contributed by atoms with Gasteiger partial charge in [0.1, 0.15) is 0 Å². The van der Waals surface area contributed by atoms with E-state index in [1.165, 1.54) is 7.05 Å². The quantitative estimate of drug-likeness (QED) is 0.501. The van der Waals surface area contributed by atoms with Crippen molar-refractivity contribution in [3.63, 3.8) is 0 Å². The second-order valence-corrected chi connectivity index (χ2v) is 5.85. The van der Waals surface area contributed by atoms with Gasteiger partial charge in [0.15, 0.2) is 11.6 Å². The molecule has 2 aromatic heterocycles. The number of amides is 1. The average Bonchev–Trinajstić information content (AvgIpc) is 3.06. The number of carbonyl (C=O) groups is 1. The lowest BCUT2D eigenvalue weighted by molar-refractivity contribution is 0.203. The summed E-state index contributed by atoms with van der Waals surface area (Å²) in [7, 11) is 1.34. The van der Waals surface area contributed by atoms with Crippen molar-refractivity contribution in [2.75, 3.05) is 11.9 Å². The lowest BCUT2D eigenvalue weighted by Gasteiger charge is -2.07. The molecule has 8 nitrogen and oxygen atoms in total. The Morgan fingerprint density at radius 2 is 1.85 bits per heavy atom. The van der Waals surface area contributed by atoms with Crippen LogP contribution in [0.4, 0.5) is 19.5 Å². The molecule has 0 radical (unpaired) electrons. The first-order valence-corrected chi connectivity index (χ1v) is 7.69. The minimum Gasteiger partial charge on any atom is -0.465 e. The third kappa shape index (κ3) is 2.67. The zero-order valence-corrected chi connectivity index (χ0v) is 13.7. The van der Waals surface area contributed by atoms with Gasteiger partial charge in [-0.05, 0) is 24.3 Å². The Morgan fingerprint density at radius 3 is 2.56 bits per heavy atom. The molecule has 0 bridgehead atoms. The fraction of sp³-hybridized carbons (Fsp3) is 0.0588. The molecule has 0 saturated heterocycles. The first-order valence-electron chi connectivity index (χ1n) is 7.69. The number of carboxylic acid groups (broad SMARTS) is 1. The lowest BCUT2D eigenvalue weighted by Crippen LogP contribution is -2.24. The second-order valence-electron chi connectivity index (χ2n) is 5.85. The molecule has 2 heterocycles. The van der Waals surface area contributed by atoms with E-state index < -0.39 is 23.3 Å². The monoisotopic (exact) mass is 371 g/mol. The number of aromatic amines is 2. The molecule has 3 N–H and O–H groups in total. The Hall–Kier alpha value is -3.82. The van der Waals surface area contributed by atoms with E-state index in [4.69, 9.17) is 5.11 Å². The molecule has 0 unspecified atom stereocenters. The summed E-state index contributed by atoms with van der Waals surface area (Å²) in [5.74, 6) is -2.10. The van der Waals surface area contributed by atoms with Crippen LogP contribution >= 0.6 is 0 Å². The molecule has 0 aliphatic carbocycles. The van der Waals surface area contributed by atoms with Crippen molar-refractivity contribution in [3.8, 4) is 11.3 Å². The maximum atomic E-state index is 13.7. The van der Waals surface area contributed by atoms with Crippen molar-refractivity contribution >= 4 is 33.8 Å². The summed E-state index contributed by atoms with van der Waals surface area (Å²) in [6.45, 7) is 0. The van der Waals surface area contributed by atoms with Crippen LogP contribution < -0.4 is 10.5 Å². The third-order valence-corrected chi connectivity index (χ3v) is 4.18. The molecule has 0 atom stereocenters. The number of benzene rings is 2. The number of nitrogens with zero attached hydrogens (tertiary/aromatic N) is 3. The van der Waals surface area contributed by atoms with Gasteiger partial charge < -0.3 is 10.1 Å². The molecule has 1 amide bonds. The van der Waals surface area contributed by atoms with Crippen LogP contribution in [0.1, 0.15) is 0 Å². The summed E-state index contributed by atoms with van der Waals surface area (Å²) in [6, 6.07) is 6.63. The van der Waals surface area contributed by atoms with Crippen molar-refractivity contribution < 1.29 is 18.7 Å². The SMILES string of the molecule is CN(C(=O)O)c1nc2ccc(-c3n[nH]c(=O)c4cc(F)c(F)cc34)cc2[nH]1. The van der Waals surface area contributed by atoms with Crippen LogP contribution in [0.25, 0.3) is 33.1 Å². The standard InChI is InChI=1S/C17H11F2N5O3/c1-24(17(26)27)16-20-12-3-2-7(4-13(12)21-16)14-8-5-10(18)11(19)6-9(8)15(25)23-22-14/h2-6H,1H3,(H,20,21)(H,23,25)(H,26,27). The van der Waals surface area contributed by atoms with Gasteiger partial charge in [0, 0.05) is 18.0 Å². The van der Waals surface area contributed by atoms with Gasteiger partial charge in [-0.3, -0.25) is 9.69 Å². The van der Waals surface area contributed by atoms with Crippen molar-refractivity contribution in [1.29, 1.82) is 0 Å². The Labute approximate surface area is 149 Å². The molecule has 4 rings (SSSR count). The zero-order valence-electron chi connectivity index (χ0n) is 13.7. The summed E-state index contributed by atoms with van der Waals surface area (Å²) in [6.07, 6.45) is -1.18. The van der Waals surface area contributed by atoms with Gasteiger partial charge in [0.2, 0.25) is 5.95 Å². The zero-order chi connectivity index (χ0) is 19.3. The highest BCUT2D eigenvalue weighted by molar-refractivity contribution is 5.96. The molecule has 0 fully saturated rings. The van der Waals surface area contributed by atoms with E-state index in [-0.39, 0.29) is 22.4 Å². The van der Waals surface area contributed by atoms with E-state index in [2.05, 4.69) is 20.2 Å². The van der Waals surface area contributed by atoms with Crippen molar-refractivity contribution in [1.82, 2.24) is 20.2 Å². The van der Waals surface area contributed by atoms with Gasteiger partial charge >= 0.3 is 6.09 Å². The first-order chi connectivity index (χ1) is 12.8. The van der Waals surface area contributed by atoms with Gasteiger partial charge in [-0.15, -0.1) is 0 Å². The molecule has 2 aromatic carbocycles. The fourth-order valence-corrected chi connectivity index (χ4v) is 2.77. The van der Waals surface area contributed by atoms with Crippen LogP contribution in [0, 0.1) is 11.6 Å². The highest BCUT2D eigenvalue weighted by Crippen LogP contribution is 2.28. The lowest BCUT2D eigenvalue weighted by atomic mass is 10.0. The van der Waals surface area contributed by atoms with Crippen LogP contribution in [0.5, 0.6) is 0 Å². The number of H-pyrrole nitrogens is 2. The maximum Gasteiger partial charge on any atom is 0.413 e. The average molecular weight is 371 g/mol. The second kappa shape index (κ2) is 5.87. The number of aromatic nitrogens is 4. The van der Waals surface area contributed by atoms with Crippen LogP contribution in [0.2, 0.25) is 0 Å². The highest BCUT2D eigenvalue weighted by Gasteiger charge is 2.16. The first kappa shape index (κ1) is 16.6. The summed E-state index contributed by atoms with van der Waals surface area (Å²) in [4.78, 5) is 30.9.